The molecule has 0 radical (unpaired) electrons. The topological polar surface area (TPSA) is 12.0 Å². The first kappa shape index (κ1) is 15.2. The fourth-order valence-electron chi connectivity index (χ4n) is 1.96. The van der Waals surface area contributed by atoms with E-state index in [1.54, 1.807) is 11.8 Å². The molecular formula is C14H15Cl2NS2. The van der Waals surface area contributed by atoms with E-state index in [2.05, 4.69) is 42.8 Å². The molecule has 1 atom stereocenters. The molecule has 0 saturated heterocycles. The zero-order valence-electron chi connectivity index (χ0n) is 10.7. The third kappa shape index (κ3) is 3.67. The van der Waals surface area contributed by atoms with Crippen molar-refractivity contribution in [2.75, 3.05) is 12.8 Å². The number of hydrogen-bond acceptors (Lipinski definition) is 3. The predicted octanol–water partition coefficient (Wildman–Crippen LogP) is 5.48. The van der Waals surface area contributed by atoms with Crippen LogP contribution in [0.1, 0.15) is 24.1 Å². The van der Waals surface area contributed by atoms with Crippen molar-refractivity contribution in [3.05, 3.63) is 50.1 Å². The summed E-state index contributed by atoms with van der Waals surface area (Å²) in [6.07, 6.45) is 2.08. The van der Waals surface area contributed by atoms with Crippen LogP contribution in [0.4, 0.5) is 0 Å². The second-order valence-electron chi connectivity index (χ2n) is 4.04. The number of benzene rings is 1. The van der Waals surface area contributed by atoms with Gasteiger partial charge < -0.3 is 5.32 Å². The van der Waals surface area contributed by atoms with Gasteiger partial charge >= 0.3 is 0 Å². The molecule has 0 spiro atoms. The molecule has 0 fully saturated rings. The highest BCUT2D eigenvalue weighted by Crippen LogP contribution is 2.37. The Morgan fingerprint density at radius 3 is 2.42 bits per heavy atom. The van der Waals surface area contributed by atoms with E-state index >= 15 is 0 Å². The lowest BCUT2D eigenvalue weighted by molar-refractivity contribution is 0.632. The molecule has 0 saturated carbocycles. The van der Waals surface area contributed by atoms with E-state index in [0.717, 1.165) is 20.8 Å². The highest BCUT2D eigenvalue weighted by atomic mass is 35.5. The Morgan fingerprint density at radius 2 is 1.95 bits per heavy atom. The van der Waals surface area contributed by atoms with Gasteiger partial charge in [-0.3, -0.25) is 0 Å². The van der Waals surface area contributed by atoms with Crippen molar-refractivity contribution in [3.63, 3.8) is 0 Å². The largest absolute Gasteiger partial charge is 0.306 e. The van der Waals surface area contributed by atoms with Gasteiger partial charge in [-0.25, -0.2) is 0 Å². The van der Waals surface area contributed by atoms with Crippen molar-refractivity contribution >= 4 is 46.3 Å². The molecule has 1 N–H and O–H groups in total. The van der Waals surface area contributed by atoms with Gasteiger partial charge in [0.25, 0.3) is 0 Å². The summed E-state index contributed by atoms with van der Waals surface area (Å²) in [5.41, 5.74) is 2.26. The summed E-state index contributed by atoms with van der Waals surface area (Å²) in [4.78, 5) is 1.26. The Kier molecular flexibility index (Phi) is 5.60. The van der Waals surface area contributed by atoms with E-state index in [1.165, 1.54) is 21.8 Å². The maximum Gasteiger partial charge on any atom is 0.0995 e. The Bertz CT molecular complexity index is 537. The zero-order valence-corrected chi connectivity index (χ0v) is 13.9. The van der Waals surface area contributed by atoms with Crippen LogP contribution in [0.2, 0.25) is 8.67 Å². The van der Waals surface area contributed by atoms with E-state index in [4.69, 9.17) is 23.2 Å². The van der Waals surface area contributed by atoms with Crippen molar-refractivity contribution in [2.45, 2.75) is 17.9 Å². The van der Waals surface area contributed by atoms with Crippen LogP contribution in [0.15, 0.2) is 35.2 Å². The first-order valence-corrected chi connectivity index (χ1v) is 8.77. The van der Waals surface area contributed by atoms with Gasteiger partial charge in [-0.1, -0.05) is 42.3 Å². The minimum absolute atomic E-state index is 0.0946. The molecule has 1 aromatic carbocycles. The standard InChI is InChI=1S/C14H15Cl2NS2/c1-3-17-13(11-8-12(15)19-14(11)16)9-4-6-10(18-2)7-5-9/h4-8,13,17H,3H2,1-2H3. The molecular weight excluding hydrogens is 317 g/mol. The van der Waals surface area contributed by atoms with Crippen molar-refractivity contribution in [1.82, 2.24) is 5.32 Å². The molecule has 0 bridgehead atoms. The SMILES string of the molecule is CCNC(c1ccc(SC)cc1)c1cc(Cl)sc1Cl. The highest BCUT2D eigenvalue weighted by Gasteiger charge is 2.18. The molecule has 1 unspecified atom stereocenters. The summed E-state index contributed by atoms with van der Waals surface area (Å²) in [7, 11) is 0. The van der Waals surface area contributed by atoms with Crippen molar-refractivity contribution in [2.24, 2.45) is 0 Å². The third-order valence-electron chi connectivity index (χ3n) is 2.85. The van der Waals surface area contributed by atoms with Crippen molar-refractivity contribution in [3.8, 4) is 0 Å². The molecule has 0 aliphatic rings. The Labute approximate surface area is 132 Å². The summed E-state index contributed by atoms with van der Waals surface area (Å²) < 4.78 is 1.48. The van der Waals surface area contributed by atoms with Crippen molar-refractivity contribution < 1.29 is 0 Å². The van der Waals surface area contributed by atoms with E-state index in [0.29, 0.717) is 0 Å². The van der Waals surface area contributed by atoms with Crippen LogP contribution >= 0.6 is 46.3 Å². The summed E-state index contributed by atoms with van der Waals surface area (Å²) >= 11 is 15.5. The number of halogens is 2. The zero-order chi connectivity index (χ0) is 13.8. The summed E-state index contributed by atoms with van der Waals surface area (Å²) in [6.45, 7) is 2.96. The minimum Gasteiger partial charge on any atom is -0.306 e. The number of thioether (sulfide) groups is 1. The maximum absolute atomic E-state index is 6.27. The number of thiophene rings is 1. The monoisotopic (exact) mass is 331 g/mol. The van der Waals surface area contributed by atoms with Crippen LogP contribution in [0.3, 0.4) is 0 Å². The number of hydrogen-bond donors (Lipinski definition) is 1. The van der Waals surface area contributed by atoms with E-state index in [-0.39, 0.29) is 6.04 Å². The fraction of sp³-hybridized carbons (Fsp3) is 0.286. The molecule has 102 valence electrons. The van der Waals surface area contributed by atoms with E-state index in [9.17, 15) is 0 Å². The van der Waals surface area contributed by atoms with Crippen LogP contribution in [-0.2, 0) is 0 Å². The molecule has 0 aliphatic heterocycles. The van der Waals surface area contributed by atoms with Crippen LogP contribution in [0.25, 0.3) is 0 Å². The second kappa shape index (κ2) is 7.00. The molecule has 19 heavy (non-hydrogen) atoms. The maximum atomic E-state index is 6.27. The number of nitrogens with one attached hydrogen (secondary N) is 1. The van der Waals surface area contributed by atoms with Gasteiger partial charge in [0.2, 0.25) is 0 Å². The quantitative estimate of drug-likeness (QED) is 0.728. The lowest BCUT2D eigenvalue weighted by Gasteiger charge is -2.18. The van der Waals surface area contributed by atoms with Crippen LogP contribution < -0.4 is 5.32 Å². The molecule has 0 aliphatic carbocycles. The van der Waals surface area contributed by atoms with Gasteiger partial charge in [-0.05, 0) is 36.6 Å². The van der Waals surface area contributed by atoms with Gasteiger partial charge in [0, 0.05) is 10.5 Å². The Balaban J connectivity index is 2.36. The van der Waals surface area contributed by atoms with E-state index in [1.807, 2.05) is 6.07 Å². The summed E-state index contributed by atoms with van der Waals surface area (Å²) in [6, 6.07) is 10.6. The minimum atomic E-state index is 0.0946. The molecule has 1 nitrogen and oxygen atoms in total. The fourth-order valence-corrected chi connectivity index (χ4v) is 3.90. The number of rotatable bonds is 5. The Morgan fingerprint density at radius 1 is 1.26 bits per heavy atom. The molecule has 2 aromatic rings. The third-order valence-corrected chi connectivity index (χ3v) is 5.11. The highest BCUT2D eigenvalue weighted by molar-refractivity contribution is 7.98. The van der Waals surface area contributed by atoms with Gasteiger partial charge in [0.15, 0.2) is 0 Å². The smallest absolute Gasteiger partial charge is 0.0995 e. The first-order chi connectivity index (χ1) is 9.15. The lowest BCUT2D eigenvalue weighted by Crippen LogP contribution is -2.21. The van der Waals surface area contributed by atoms with Crippen LogP contribution in [-0.4, -0.2) is 12.8 Å². The van der Waals surface area contributed by atoms with Gasteiger partial charge in [0.05, 0.1) is 14.7 Å². The molecule has 5 heteroatoms. The molecule has 0 amide bonds. The summed E-state index contributed by atoms with van der Waals surface area (Å²) in [5, 5.41) is 3.46. The second-order valence-corrected chi connectivity index (χ2v) is 7.21. The molecule has 1 heterocycles. The predicted molar refractivity (Wildman–Crippen MR) is 88.1 cm³/mol. The van der Waals surface area contributed by atoms with E-state index < -0.39 is 0 Å². The van der Waals surface area contributed by atoms with Gasteiger partial charge in [-0.15, -0.1) is 23.1 Å². The lowest BCUT2D eigenvalue weighted by atomic mass is 10.0. The van der Waals surface area contributed by atoms with Crippen LogP contribution in [0.5, 0.6) is 0 Å². The van der Waals surface area contributed by atoms with Crippen molar-refractivity contribution in [1.29, 1.82) is 0 Å². The first-order valence-electron chi connectivity index (χ1n) is 5.97. The van der Waals surface area contributed by atoms with Gasteiger partial charge in [-0.2, -0.15) is 0 Å². The average molecular weight is 332 g/mol. The molecule has 1 aromatic heterocycles. The Hall–Kier alpha value is -0.190. The average Bonchev–Trinajstić information content (AvgIpc) is 2.75. The summed E-state index contributed by atoms with van der Waals surface area (Å²) in [5.74, 6) is 0. The van der Waals surface area contributed by atoms with Gasteiger partial charge in [0.1, 0.15) is 0 Å². The molecule has 2 rings (SSSR count). The van der Waals surface area contributed by atoms with Crippen LogP contribution in [0, 0.1) is 0 Å². The normalized spacial score (nSPS) is 12.6.